The van der Waals surface area contributed by atoms with Gasteiger partial charge < -0.3 is 135 Å². The van der Waals surface area contributed by atoms with Gasteiger partial charge in [-0.15, -0.1) is 11.8 Å². The first-order valence-electron chi connectivity index (χ1n) is 45.1. The van der Waals surface area contributed by atoms with E-state index in [2.05, 4.69) is 58.2 Å². The Bertz CT molecular complexity index is 5230. The van der Waals surface area contributed by atoms with E-state index < -0.39 is 292 Å². The van der Waals surface area contributed by atoms with Crippen LogP contribution in [0.2, 0.25) is 0 Å². The molecule has 5 heterocycles. The highest BCUT2D eigenvalue weighted by Crippen LogP contribution is 2.29. The zero-order chi connectivity index (χ0) is 101. The zero-order valence-corrected chi connectivity index (χ0v) is 78.1. The first-order valence-corrected chi connectivity index (χ1v) is 46.2. The van der Waals surface area contributed by atoms with Crippen LogP contribution < -0.4 is 75.1 Å². The van der Waals surface area contributed by atoms with Crippen LogP contribution in [0.5, 0.6) is 5.75 Å². The third-order valence-corrected chi connectivity index (χ3v) is 25.2. The number of nitrogens with zero attached hydrogens (tertiary/aromatic N) is 6. The highest BCUT2D eigenvalue weighted by molar-refractivity contribution is 8.00. The molecule has 3 aliphatic rings. The first-order chi connectivity index (χ1) is 65.1. The van der Waals surface area contributed by atoms with Gasteiger partial charge in [-0.1, -0.05) is 88.1 Å². The van der Waals surface area contributed by atoms with Crippen LogP contribution in [0, 0.1) is 0 Å². The van der Waals surface area contributed by atoms with Gasteiger partial charge in [-0.2, -0.15) is 0 Å². The number of aliphatic hydroxyl groups excluding tert-OH is 1. The van der Waals surface area contributed by atoms with Crippen molar-refractivity contribution in [3.8, 4) is 5.75 Å². The second kappa shape index (κ2) is 51.8. The number of fused-ring (bicyclic) bond motifs is 4. The normalized spacial score (nSPS) is 24.5. The number of carbonyl (C=O) groups is 20. The molecule has 47 heteroatoms. The van der Waals surface area contributed by atoms with Crippen LogP contribution in [0.15, 0.2) is 85.2 Å². The number of aromatic amines is 1. The number of hydrogen-bond donors (Lipinski definition) is 19. The molecule has 0 bridgehead atoms. The van der Waals surface area contributed by atoms with Crippen LogP contribution in [-0.2, 0) is 122 Å². The molecule has 46 nitrogen and oxygen atoms in total. The van der Waals surface area contributed by atoms with Crippen molar-refractivity contribution >= 4 is 152 Å². The van der Waals surface area contributed by atoms with Gasteiger partial charge in [0, 0.05) is 119 Å². The average molecular weight is 1930 g/mol. The van der Waals surface area contributed by atoms with Crippen molar-refractivity contribution in [3.63, 3.8) is 0 Å². The number of benzene rings is 3. The van der Waals surface area contributed by atoms with E-state index in [1.807, 2.05) is 0 Å². The number of aliphatic hydroxyl groups is 1. The molecule has 8 rings (SSSR count). The van der Waals surface area contributed by atoms with Gasteiger partial charge in [0.1, 0.15) is 96.9 Å². The van der Waals surface area contributed by atoms with Gasteiger partial charge in [0.15, 0.2) is 0 Å². The van der Waals surface area contributed by atoms with E-state index in [1.54, 1.807) is 92.8 Å². The fourth-order valence-corrected chi connectivity index (χ4v) is 17.4. The Morgan fingerprint density at radius 2 is 1.07 bits per heavy atom. The molecular weight excluding hydrogens is 1810 g/mol. The van der Waals surface area contributed by atoms with Crippen molar-refractivity contribution in [2.24, 2.45) is 17.2 Å². The largest absolute Gasteiger partial charge is 0.497 e. The van der Waals surface area contributed by atoms with Crippen molar-refractivity contribution in [2.45, 2.75) is 234 Å². The third kappa shape index (κ3) is 30.3. The molecule has 0 spiro atoms. The summed E-state index contributed by atoms with van der Waals surface area (Å²) in [5.41, 5.74) is 19.9. The number of aromatic nitrogens is 2. The van der Waals surface area contributed by atoms with Gasteiger partial charge in [-0.3, -0.25) is 95.9 Å². The number of ether oxygens (including phenoxy) is 1. The maximum Gasteiger partial charge on any atom is 0.323 e. The number of para-hydroxylation sites is 2. The third-order valence-electron chi connectivity index (χ3n) is 24.2. The summed E-state index contributed by atoms with van der Waals surface area (Å²) in [7, 11) is 5.08. The van der Waals surface area contributed by atoms with Crippen LogP contribution in [-0.4, -0.2) is 341 Å². The van der Waals surface area contributed by atoms with Crippen LogP contribution in [0.3, 0.4) is 0 Å². The number of likely N-dealkylation sites (N-methyl/N-ethyl adjacent to an activating group) is 3. The number of nitrogens with one attached hydrogen (secondary N) is 11. The standard InChI is InChI=1S/C90H124N20O26S/c1-8-10-20-67-83(128)98-57(28-30-73(114)115)79(124)104-65(78(123)95-42-71(93)112)46-137-47-72(113)96-61(35-49-24-26-53(136-7)27-25-49)86(131)105(4)48(3)77(122)101-63(39-75(118)119)89(134)109-34-16-23-68(109)84(129)103-64(40-92)82(127)99-59(29-31-74(116)117)88(133)110-44-52(111)38-70(110)85(130)100-60(36-50-41-94-56-19-14-12-17-54(50)56)81(126)97-58(32-33-91)80(125)102-62(87(132)107(6)69(21-11-9-2)90(135)106(67)5)37-51-43-108(45-76(120)121)66-22-15-13-18-55(51)66/h12-15,17-19,22,24-27,41,43,48,52,57-65,67-70,94,111H,8-11,16,20-21,23,28-40,42,44-47,91-92H2,1-7H3,(H2,93,112)(H,95,123)(H,96,113)(H,97,126)(H,98,128)(H,99,127)(H,100,130)(H,101,122)(H,102,125)(H,103,129)(H,104,124)(H,114,115)(H,116,117)(H,118,119)(H,120,121)/t48-,52+,57-,58-,59-,60-,61-,62-,63+,64-,65-,67-,68-,69-,70-/m0/s1. The van der Waals surface area contributed by atoms with Crippen molar-refractivity contribution in [2.75, 3.05) is 72.5 Å². The molecule has 5 aromatic rings. The molecule has 22 N–H and O–H groups in total. The van der Waals surface area contributed by atoms with Crippen molar-refractivity contribution < 1.29 is 126 Å². The number of aliphatic carboxylic acids is 4. The summed E-state index contributed by atoms with van der Waals surface area (Å²) in [4.78, 5) is 294. The summed E-state index contributed by atoms with van der Waals surface area (Å²) < 4.78 is 6.70. The Labute approximate surface area is 792 Å². The molecule has 2 aromatic heterocycles. The molecule has 0 aliphatic carbocycles. The second-order valence-corrected chi connectivity index (χ2v) is 35.1. The summed E-state index contributed by atoms with van der Waals surface area (Å²) in [6.07, 6.45) is -3.46. The lowest BCUT2D eigenvalue weighted by molar-refractivity contribution is -0.149. The van der Waals surface area contributed by atoms with Crippen molar-refractivity contribution in [1.82, 2.24) is 87.2 Å². The van der Waals surface area contributed by atoms with E-state index in [9.17, 15) is 87.9 Å². The number of carbonyl (C=O) groups excluding carboxylic acids is 16. The number of carboxylic acid groups (broad SMARTS) is 4. The number of hydrogen-bond acceptors (Lipinski definition) is 25. The van der Waals surface area contributed by atoms with E-state index in [1.165, 1.54) is 38.9 Å². The van der Waals surface area contributed by atoms with Crippen LogP contribution >= 0.6 is 11.8 Å². The van der Waals surface area contributed by atoms with Crippen LogP contribution in [0.25, 0.3) is 21.8 Å². The van der Waals surface area contributed by atoms with Gasteiger partial charge >= 0.3 is 23.9 Å². The molecule has 0 saturated carbocycles. The second-order valence-electron chi connectivity index (χ2n) is 34.0. The summed E-state index contributed by atoms with van der Waals surface area (Å²) in [6, 6.07) is -4.12. The van der Waals surface area contributed by atoms with Crippen molar-refractivity contribution in [3.05, 3.63) is 102 Å². The van der Waals surface area contributed by atoms with E-state index in [4.69, 9.17) is 21.9 Å². The molecule has 16 amide bonds. The number of primary amides is 1. The van der Waals surface area contributed by atoms with E-state index in [-0.39, 0.29) is 70.9 Å². The number of thioether (sulfide) groups is 1. The highest BCUT2D eigenvalue weighted by Gasteiger charge is 2.47. The quantitative estimate of drug-likeness (QED) is 0.0219. The smallest absolute Gasteiger partial charge is 0.323 e. The Kier molecular flexibility index (Phi) is 41.0. The Morgan fingerprint density at radius 3 is 1.70 bits per heavy atom. The lowest BCUT2D eigenvalue weighted by Crippen LogP contribution is -2.61. The minimum atomic E-state index is -1.95. The van der Waals surface area contributed by atoms with Crippen molar-refractivity contribution in [1.29, 1.82) is 0 Å². The topological polar surface area (TPSA) is 687 Å². The number of unbranched alkanes of at least 4 members (excludes halogenated alkanes) is 2. The zero-order valence-electron chi connectivity index (χ0n) is 77.3. The fourth-order valence-electron chi connectivity index (χ4n) is 16.6. The molecule has 0 unspecified atom stereocenters. The van der Waals surface area contributed by atoms with E-state index in [0.717, 1.165) is 31.5 Å². The fraction of sp³-hybridized carbons (Fsp3) is 0.533. The number of amides is 16. The molecule has 15 atom stereocenters. The van der Waals surface area contributed by atoms with Crippen LogP contribution in [0.4, 0.5) is 0 Å². The molecular formula is C90H124N20O26S. The molecule has 3 aliphatic heterocycles. The predicted octanol–water partition coefficient (Wildman–Crippen LogP) is -3.70. The van der Waals surface area contributed by atoms with Gasteiger partial charge in [0.25, 0.3) is 0 Å². The minimum absolute atomic E-state index is 0.0915. The number of rotatable bonds is 29. The number of methoxy groups -OCH3 is 1. The maximum atomic E-state index is 15.9. The number of nitrogens with two attached hydrogens (primary N) is 3. The number of H-pyrrole nitrogens is 1. The van der Waals surface area contributed by atoms with E-state index >= 15 is 33.6 Å². The molecule has 746 valence electrons. The minimum Gasteiger partial charge on any atom is -0.497 e. The summed E-state index contributed by atoms with van der Waals surface area (Å²) in [6.45, 7) is 1.50. The molecule has 137 heavy (non-hydrogen) atoms. The molecule has 3 aromatic carbocycles. The Hall–Kier alpha value is -13.8. The van der Waals surface area contributed by atoms with Gasteiger partial charge in [0.05, 0.1) is 31.9 Å². The average Bonchev–Trinajstić information content (AvgIpc) is 1.67. The van der Waals surface area contributed by atoms with Gasteiger partial charge in [-0.25, -0.2) is 0 Å². The molecule has 3 saturated heterocycles. The predicted molar refractivity (Wildman–Crippen MR) is 493 cm³/mol. The van der Waals surface area contributed by atoms with E-state index in [0.29, 0.717) is 68.8 Å². The molecule has 0 radical (unpaired) electrons. The summed E-state index contributed by atoms with van der Waals surface area (Å²) in [5, 5.41) is 77.9. The van der Waals surface area contributed by atoms with Gasteiger partial charge in [0.2, 0.25) is 94.5 Å². The first kappa shape index (κ1) is 108. The summed E-state index contributed by atoms with van der Waals surface area (Å²) >= 11 is 0.689. The van der Waals surface area contributed by atoms with Crippen LogP contribution in [0.1, 0.15) is 134 Å². The molecule has 3 fully saturated rings. The summed E-state index contributed by atoms with van der Waals surface area (Å²) in [5.74, 6) is -23.4. The highest BCUT2D eigenvalue weighted by atomic mass is 32.2. The van der Waals surface area contributed by atoms with Gasteiger partial charge in [-0.05, 0) is 99.4 Å². The number of carboxylic acids is 4. The Morgan fingerprint density at radius 1 is 0.526 bits per heavy atom. The monoisotopic (exact) mass is 1930 g/mol. The SMILES string of the molecule is CCCC[C@H]1C(=O)N(C)[C@@H](CCCC)C(=O)N[C@@H](CCC(=O)O)C(=O)N[C@H](C(=O)NCC(N)=O)CSCC(=O)N[C@@H](Cc2ccc(OC)cc2)C(=O)N(C)[C@@H](C)C(=O)N[C@H](CC(=O)O)C(=O)N2CCC[C@H]2C(=O)N[C@@H](CN)C(=O)N[C@@H](CCC(=O)O)C(=O)N2C[C@H](O)C[C@H]2C(=O)N[C@@H](Cc2c[nH]c3ccccc23)C(=O)N[C@@H](CCN)C(=O)N[C@@H](Cc2cn(CC(=O)O)c3ccccc23)C(=O)N1C. The maximum absolute atomic E-state index is 15.9. The Balaban J connectivity index is 1.22. The lowest BCUT2D eigenvalue weighted by Gasteiger charge is -2.36. The lowest BCUT2D eigenvalue weighted by atomic mass is 9.99.